The number of hydrogen-bond acceptors (Lipinski definition) is 3. The van der Waals surface area contributed by atoms with Gasteiger partial charge in [-0.25, -0.2) is 0 Å². The first-order chi connectivity index (χ1) is 6.79. The standard InChI is InChI=1S/C11H15NO2/c12-11(8-5-6-14-7-8)9-3-1-2-4-10(9)13/h1-4,8,11,13H,5-7,12H2. The fourth-order valence-corrected chi connectivity index (χ4v) is 1.86. The Balaban J connectivity index is 2.17. The zero-order chi connectivity index (χ0) is 9.97. The lowest BCUT2D eigenvalue weighted by molar-refractivity contribution is 0.180. The fourth-order valence-electron chi connectivity index (χ4n) is 1.86. The summed E-state index contributed by atoms with van der Waals surface area (Å²) in [6, 6.07) is 7.13. The number of nitrogens with two attached hydrogens (primary N) is 1. The number of benzene rings is 1. The molecule has 2 rings (SSSR count). The van der Waals surface area contributed by atoms with Crippen LogP contribution >= 0.6 is 0 Å². The van der Waals surface area contributed by atoms with Crippen LogP contribution < -0.4 is 5.73 Å². The molecule has 0 aromatic heterocycles. The van der Waals surface area contributed by atoms with E-state index < -0.39 is 0 Å². The molecule has 2 unspecified atom stereocenters. The van der Waals surface area contributed by atoms with E-state index in [1.54, 1.807) is 12.1 Å². The topological polar surface area (TPSA) is 55.5 Å². The fraction of sp³-hybridized carbons (Fsp3) is 0.455. The first-order valence-corrected chi connectivity index (χ1v) is 4.90. The summed E-state index contributed by atoms with van der Waals surface area (Å²) >= 11 is 0. The highest BCUT2D eigenvalue weighted by Crippen LogP contribution is 2.31. The molecule has 1 saturated heterocycles. The van der Waals surface area contributed by atoms with E-state index in [9.17, 15) is 5.11 Å². The minimum Gasteiger partial charge on any atom is -0.508 e. The van der Waals surface area contributed by atoms with Crippen LogP contribution in [0.2, 0.25) is 0 Å². The maximum atomic E-state index is 9.62. The van der Waals surface area contributed by atoms with E-state index in [0.717, 1.165) is 18.6 Å². The quantitative estimate of drug-likeness (QED) is 0.747. The molecular weight excluding hydrogens is 178 g/mol. The van der Waals surface area contributed by atoms with Crippen molar-refractivity contribution in [2.24, 2.45) is 11.7 Å². The molecule has 3 N–H and O–H groups in total. The van der Waals surface area contributed by atoms with E-state index in [2.05, 4.69) is 0 Å². The molecule has 1 aromatic rings. The number of hydrogen-bond donors (Lipinski definition) is 2. The number of rotatable bonds is 2. The summed E-state index contributed by atoms with van der Waals surface area (Å²) in [4.78, 5) is 0. The molecule has 0 bridgehead atoms. The highest BCUT2D eigenvalue weighted by molar-refractivity contribution is 5.34. The van der Waals surface area contributed by atoms with Crippen LogP contribution in [0.5, 0.6) is 5.75 Å². The Kier molecular flexibility index (Phi) is 2.70. The summed E-state index contributed by atoms with van der Waals surface area (Å²) in [5.74, 6) is 0.621. The Morgan fingerprint density at radius 3 is 2.86 bits per heavy atom. The van der Waals surface area contributed by atoms with E-state index in [-0.39, 0.29) is 11.8 Å². The zero-order valence-corrected chi connectivity index (χ0v) is 8.02. The molecule has 1 aromatic carbocycles. The second kappa shape index (κ2) is 3.98. The Morgan fingerprint density at radius 2 is 2.21 bits per heavy atom. The summed E-state index contributed by atoms with van der Waals surface area (Å²) in [6.07, 6.45) is 0.982. The molecule has 1 fully saturated rings. The molecule has 1 aliphatic heterocycles. The molecule has 0 radical (unpaired) electrons. The molecule has 1 aliphatic rings. The van der Waals surface area contributed by atoms with Gasteiger partial charge in [0.25, 0.3) is 0 Å². The van der Waals surface area contributed by atoms with Crippen LogP contribution in [0.4, 0.5) is 0 Å². The number of aromatic hydroxyl groups is 1. The third kappa shape index (κ3) is 1.74. The van der Waals surface area contributed by atoms with Crippen molar-refractivity contribution in [3.8, 4) is 5.75 Å². The molecule has 0 aliphatic carbocycles. The Bertz CT molecular complexity index is 308. The number of para-hydroxylation sites is 1. The van der Waals surface area contributed by atoms with Gasteiger partial charge in [0.15, 0.2) is 0 Å². The predicted octanol–water partition coefficient (Wildman–Crippen LogP) is 1.43. The van der Waals surface area contributed by atoms with Crippen LogP contribution in [0.15, 0.2) is 24.3 Å². The predicted molar refractivity (Wildman–Crippen MR) is 54.0 cm³/mol. The van der Waals surface area contributed by atoms with Crippen LogP contribution in [-0.4, -0.2) is 18.3 Å². The average molecular weight is 193 g/mol. The van der Waals surface area contributed by atoms with Crippen molar-refractivity contribution in [2.75, 3.05) is 13.2 Å². The monoisotopic (exact) mass is 193 g/mol. The summed E-state index contributed by atoms with van der Waals surface area (Å²) in [6.45, 7) is 1.49. The lowest BCUT2D eigenvalue weighted by atomic mass is 9.93. The minimum atomic E-state index is -0.112. The van der Waals surface area contributed by atoms with Gasteiger partial charge in [-0.1, -0.05) is 18.2 Å². The van der Waals surface area contributed by atoms with Gasteiger partial charge in [0, 0.05) is 24.1 Å². The highest BCUT2D eigenvalue weighted by atomic mass is 16.5. The molecule has 3 heteroatoms. The van der Waals surface area contributed by atoms with Gasteiger partial charge in [0.05, 0.1) is 6.61 Å². The SMILES string of the molecule is NC(c1ccccc1O)C1CCOC1. The van der Waals surface area contributed by atoms with Crippen molar-refractivity contribution in [2.45, 2.75) is 12.5 Å². The van der Waals surface area contributed by atoms with Gasteiger partial charge < -0.3 is 15.6 Å². The van der Waals surface area contributed by atoms with Gasteiger partial charge in [0.1, 0.15) is 5.75 Å². The number of phenolic OH excluding ortho intramolecular Hbond substituents is 1. The van der Waals surface area contributed by atoms with Gasteiger partial charge in [-0.3, -0.25) is 0 Å². The van der Waals surface area contributed by atoms with Crippen molar-refractivity contribution >= 4 is 0 Å². The second-order valence-corrected chi connectivity index (χ2v) is 3.71. The largest absolute Gasteiger partial charge is 0.508 e. The van der Waals surface area contributed by atoms with Crippen molar-refractivity contribution in [1.29, 1.82) is 0 Å². The summed E-state index contributed by atoms with van der Waals surface area (Å²) < 4.78 is 5.28. The van der Waals surface area contributed by atoms with Gasteiger partial charge in [-0.05, 0) is 12.5 Å². The van der Waals surface area contributed by atoms with Gasteiger partial charge in [-0.2, -0.15) is 0 Å². The zero-order valence-electron chi connectivity index (χ0n) is 8.02. The van der Waals surface area contributed by atoms with Crippen LogP contribution in [-0.2, 0) is 4.74 Å². The molecule has 14 heavy (non-hydrogen) atoms. The van der Waals surface area contributed by atoms with Crippen molar-refractivity contribution in [3.05, 3.63) is 29.8 Å². The van der Waals surface area contributed by atoms with Crippen LogP contribution in [0.3, 0.4) is 0 Å². The van der Waals surface area contributed by atoms with Crippen molar-refractivity contribution in [3.63, 3.8) is 0 Å². The molecular formula is C11H15NO2. The molecule has 1 heterocycles. The first kappa shape index (κ1) is 9.49. The van der Waals surface area contributed by atoms with E-state index in [1.165, 1.54) is 0 Å². The van der Waals surface area contributed by atoms with E-state index in [0.29, 0.717) is 12.5 Å². The molecule has 2 atom stereocenters. The van der Waals surface area contributed by atoms with Crippen LogP contribution in [0, 0.1) is 5.92 Å². The third-order valence-corrected chi connectivity index (χ3v) is 2.77. The molecule has 0 saturated carbocycles. The maximum Gasteiger partial charge on any atom is 0.120 e. The molecule has 0 amide bonds. The lowest BCUT2D eigenvalue weighted by Gasteiger charge is -2.18. The summed E-state index contributed by atoms with van der Waals surface area (Å²) in [7, 11) is 0. The smallest absolute Gasteiger partial charge is 0.120 e. The molecule has 0 spiro atoms. The highest BCUT2D eigenvalue weighted by Gasteiger charge is 2.25. The van der Waals surface area contributed by atoms with Gasteiger partial charge >= 0.3 is 0 Å². The Hall–Kier alpha value is -1.06. The Labute approximate surface area is 83.5 Å². The summed E-state index contributed by atoms with van der Waals surface area (Å²) in [5.41, 5.74) is 6.88. The van der Waals surface area contributed by atoms with E-state index in [4.69, 9.17) is 10.5 Å². The van der Waals surface area contributed by atoms with Gasteiger partial charge in [-0.15, -0.1) is 0 Å². The normalized spacial score (nSPS) is 23.6. The van der Waals surface area contributed by atoms with Gasteiger partial charge in [0.2, 0.25) is 0 Å². The van der Waals surface area contributed by atoms with E-state index in [1.807, 2.05) is 12.1 Å². The molecule has 3 nitrogen and oxygen atoms in total. The average Bonchev–Trinajstić information content (AvgIpc) is 2.70. The second-order valence-electron chi connectivity index (χ2n) is 3.71. The van der Waals surface area contributed by atoms with Crippen molar-refractivity contribution in [1.82, 2.24) is 0 Å². The Morgan fingerprint density at radius 1 is 1.43 bits per heavy atom. The number of phenols is 1. The van der Waals surface area contributed by atoms with Crippen LogP contribution in [0.25, 0.3) is 0 Å². The third-order valence-electron chi connectivity index (χ3n) is 2.77. The van der Waals surface area contributed by atoms with Crippen molar-refractivity contribution < 1.29 is 9.84 Å². The van der Waals surface area contributed by atoms with Crippen LogP contribution in [0.1, 0.15) is 18.0 Å². The molecule has 76 valence electrons. The maximum absolute atomic E-state index is 9.62. The first-order valence-electron chi connectivity index (χ1n) is 4.90. The summed E-state index contributed by atoms with van der Waals surface area (Å²) in [5, 5.41) is 9.62. The number of ether oxygens (including phenoxy) is 1. The lowest BCUT2D eigenvalue weighted by Crippen LogP contribution is -2.21. The van der Waals surface area contributed by atoms with E-state index >= 15 is 0 Å². The minimum absolute atomic E-state index is 0.112.